The van der Waals surface area contributed by atoms with Crippen LogP contribution < -0.4 is 5.11 Å². The van der Waals surface area contributed by atoms with E-state index in [1.54, 1.807) is 13.8 Å². The van der Waals surface area contributed by atoms with Crippen LogP contribution in [0.15, 0.2) is 12.2 Å². The van der Waals surface area contributed by atoms with Crippen LogP contribution in [0.5, 0.6) is 0 Å². The van der Waals surface area contributed by atoms with Crippen molar-refractivity contribution in [1.82, 2.24) is 0 Å². The Kier molecular flexibility index (Phi) is 14.0. The third-order valence-electron chi connectivity index (χ3n) is 5.61. The van der Waals surface area contributed by atoms with Crippen LogP contribution in [-0.4, -0.2) is 58.8 Å². The van der Waals surface area contributed by atoms with Gasteiger partial charge in [-0.1, -0.05) is 52.0 Å². The van der Waals surface area contributed by atoms with Gasteiger partial charge in [0.2, 0.25) is 0 Å². The summed E-state index contributed by atoms with van der Waals surface area (Å²) in [6.45, 7) is 7.75. The molecule has 0 amide bonds. The average Bonchev–Trinajstić information content (AvgIpc) is 2.66. The minimum absolute atomic E-state index is 0.100. The van der Waals surface area contributed by atoms with Crippen LogP contribution in [0, 0.1) is 17.8 Å². The van der Waals surface area contributed by atoms with E-state index in [4.69, 9.17) is 0 Å². The summed E-state index contributed by atoms with van der Waals surface area (Å²) in [5, 5.41) is 30.1. The van der Waals surface area contributed by atoms with Gasteiger partial charge in [0.25, 0.3) is 0 Å². The number of hydrogen-bond acceptors (Lipinski definition) is 4. The standard InChI is InChI=1S/C23H41NO6/c1-5-6-7-8-9-10-11-12-13-14-24(15-18(2)21(25)26,16-19(3)22(27)28)17-20(4)23(29)30/h12-13,18-20H,5-11,14-17H2,1-4H3,(H2-,25,26,27,28,29,30)/b13-12+. The lowest BCUT2D eigenvalue weighted by molar-refractivity contribution is -0.929. The molecule has 0 aliphatic carbocycles. The number of quaternary nitrogens is 1. The Morgan fingerprint density at radius 3 is 1.73 bits per heavy atom. The first-order chi connectivity index (χ1) is 14.0. The Morgan fingerprint density at radius 2 is 1.27 bits per heavy atom. The topological polar surface area (TPSA) is 115 Å². The summed E-state index contributed by atoms with van der Waals surface area (Å²) in [5.74, 6) is -5.40. The van der Waals surface area contributed by atoms with Crippen molar-refractivity contribution in [2.24, 2.45) is 17.8 Å². The first kappa shape index (κ1) is 28.1. The van der Waals surface area contributed by atoms with Gasteiger partial charge in [-0.2, -0.15) is 0 Å². The Balaban J connectivity index is 5.26. The van der Waals surface area contributed by atoms with Crippen molar-refractivity contribution >= 4 is 17.9 Å². The van der Waals surface area contributed by atoms with Crippen LogP contribution in [0.25, 0.3) is 0 Å². The fourth-order valence-corrected chi connectivity index (χ4v) is 3.88. The Morgan fingerprint density at radius 1 is 0.800 bits per heavy atom. The highest BCUT2D eigenvalue weighted by Crippen LogP contribution is 2.20. The molecule has 3 unspecified atom stereocenters. The number of carbonyl (C=O) groups excluding carboxylic acids is 1. The average molecular weight is 428 g/mol. The molecular formula is C23H41NO6. The molecule has 2 N–H and O–H groups in total. The fraction of sp³-hybridized carbons (Fsp3) is 0.783. The van der Waals surface area contributed by atoms with E-state index in [0.29, 0.717) is 6.54 Å². The fourth-order valence-electron chi connectivity index (χ4n) is 3.88. The van der Waals surface area contributed by atoms with Crippen molar-refractivity contribution < 1.29 is 34.2 Å². The van der Waals surface area contributed by atoms with Gasteiger partial charge in [-0.3, -0.25) is 9.59 Å². The predicted molar refractivity (Wildman–Crippen MR) is 115 cm³/mol. The second kappa shape index (κ2) is 15.0. The maximum Gasteiger partial charge on any atom is 0.311 e. The number of carboxylic acid groups (broad SMARTS) is 3. The summed E-state index contributed by atoms with van der Waals surface area (Å²) in [4.78, 5) is 34.3. The van der Waals surface area contributed by atoms with Crippen molar-refractivity contribution in [3.8, 4) is 0 Å². The molecule has 0 radical (unpaired) electrons. The number of rotatable bonds is 18. The van der Waals surface area contributed by atoms with Crippen LogP contribution in [0.3, 0.4) is 0 Å². The molecule has 0 aliphatic heterocycles. The van der Waals surface area contributed by atoms with Gasteiger partial charge in [0.15, 0.2) is 0 Å². The van der Waals surface area contributed by atoms with Crippen LogP contribution in [0.4, 0.5) is 0 Å². The van der Waals surface area contributed by atoms with Gasteiger partial charge in [0, 0.05) is 11.9 Å². The largest absolute Gasteiger partial charge is 0.550 e. The maximum absolute atomic E-state index is 11.5. The van der Waals surface area contributed by atoms with Gasteiger partial charge in [0.1, 0.15) is 11.8 Å². The third-order valence-corrected chi connectivity index (χ3v) is 5.61. The lowest BCUT2D eigenvalue weighted by Crippen LogP contribution is -2.58. The van der Waals surface area contributed by atoms with E-state index < -0.39 is 35.7 Å². The Labute approximate surface area is 181 Å². The molecule has 7 heteroatoms. The zero-order valence-corrected chi connectivity index (χ0v) is 19.1. The molecule has 0 aromatic carbocycles. The van der Waals surface area contributed by atoms with E-state index in [-0.39, 0.29) is 24.1 Å². The van der Waals surface area contributed by atoms with Gasteiger partial charge in [-0.15, -0.1) is 0 Å². The number of aliphatic carboxylic acids is 3. The van der Waals surface area contributed by atoms with Crippen molar-refractivity contribution in [3.05, 3.63) is 12.2 Å². The van der Waals surface area contributed by atoms with E-state index in [1.165, 1.54) is 32.6 Å². The maximum atomic E-state index is 11.5. The molecule has 0 fully saturated rings. The molecular weight excluding hydrogens is 386 g/mol. The number of nitrogens with zero attached hydrogens (tertiary/aromatic N) is 1. The van der Waals surface area contributed by atoms with Crippen LogP contribution >= 0.6 is 0 Å². The molecule has 0 rings (SSSR count). The molecule has 3 atom stereocenters. The number of hydrogen-bond donors (Lipinski definition) is 2. The van der Waals surface area contributed by atoms with Crippen molar-refractivity contribution in [2.45, 2.75) is 72.6 Å². The van der Waals surface area contributed by atoms with Gasteiger partial charge in [-0.25, -0.2) is 0 Å². The van der Waals surface area contributed by atoms with E-state index in [9.17, 15) is 29.7 Å². The first-order valence-electron chi connectivity index (χ1n) is 11.2. The lowest BCUT2D eigenvalue weighted by Gasteiger charge is -2.42. The van der Waals surface area contributed by atoms with Crippen molar-refractivity contribution in [1.29, 1.82) is 0 Å². The molecule has 0 bridgehead atoms. The van der Waals surface area contributed by atoms with Crippen LogP contribution in [0.1, 0.15) is 72.6 Å². The Hall–Kier alpha value is -1.89. The van der Waals surface area contributed by atoms with E-state index in [1.807, 2.05) is 12.2 Å². The SMILES string of the molecule is CCCCCCCC/C=C/C[N+](CC(C)C(=O)[O-])(CC(C)C(=O)O)CC(C)C(=O)O. The summed E-state index contributed by atoms with van der Waals surface area (Å²) in [6.07, 6.45) is 12.1. The predicted octanol–water partition coefficient (Wildman–Crippen LogP) is 2.94. The number of carbonyl (C=O) groups is 3. The molecule has 0 aromatic heterocycles. The molecule has 0 saturated carbocycles. The molecule has 0 spiro atoms. The zero-order valence-electron chi connectivity index (χ0n) is 19.1. The molecule has 0 saturated heterocycles. The highest BCUT2D eigenvalue weighted by atomic mass is 16.4. The van der Waals surface area contributed by atoms with Crippen molar-refractivity contribution in [2.75, 3.05) is 26.2 Å². The summed E-state index contributed by atoms with van der Waals surface area (Å²) in [7, 11) is 0. The normalized spacial score (nSPS) is 16.7. The van der Waals surface area contributed by atoms with E-state index in [0.717, 1.165) is 19.3 Å². The molecule has 30 heavy (non-hydrogen) atoms. The van der Waals surface area contributed by atoms with Crippen LogP contribution in [-0.2, 0) is 14.4 Å². The van der Waals surface area contributed by atoms with Gasteiger partial charge < -0.3 is 24.6 Å². The lowest BCUT2D eigenvalue weighted by atomic mass is 10.0. The van der Waals surface area contributed by atoms with Gasteiger partial charge in [-0.05, 0) is 32.8 Å². The smallest absolute Gasteiger partial charge is 0.311 e. The minimum Gasteiger partial charge on any atom is -0.550 e. The molecule has 7 nitrogen and oxygen atoms in total. The van der Waals surface area contributed by atoms with Crippen molar-refractivity contribution in [3.63, 3.8) is 0 Å². The second-order valence-electron chi connectivity index (χ2n) is 8.80. The monoisotopic (exact) mass is 427 g/mol. The minimum atomic E-state index is -1.21. The summed E-state index contributed by atoms with van der Waals surface area (Å²) >= 11 is 0. The highest BCUT2D eigenvalue weighted by molar-refractivity contribution is 5.70. The second-order valence-corrected chi connectivity index (χ2v) is 8.80. The highest BCUT2D eigenvalue weighted by Gasteiger charge is 2.36. The summed E-state index contributed by atoms with van der Waals surface area (Å²) in [5.41, 5.74) is 0. The quantitative estimate of drug-likeness (QED) is 0.197. The van der Waals surface area contributed by atoms with Gasteiger partial charge >= 0.3 is 11.9 Å². The van der Waals surface area contributed by atoms with E-state index >= 15 is 0 Å². The first-order valence-corrected chi connectivity index (χ1v) is 11.2. The Bertz CT molecular complexity index is 505. The zero-order chi connectivity index (χ0) is 23.2. The van der Waals surface area contributed by atoms with E-state index in [2.05, 4.69) is 6.92 Å². The molecule has 174 valence electrons. The summed E-state index contributed by atoms with van der Waals surface area (Å²) in [6, 6.07) is 0. The number of allylic oxidation sites excluding steroid dienone is 1. The molecule has 0 heterocycles. The number of unbranched alkanes of at least 4 members (excludes halogenated alkanes) is 6. The third kappa shape index (κ3) is 12.0. The molecule has 0 aliphatic rings. The molecule has 0 aromatic rings. The van der Waals surface area contributed by atoms with Crippen LogP contribution in [0.2, 0.25) is 0 Å². The number of carboxylic acids is 3. The van der Waals surface area contributed by atoms with Gasteiger partial charge in [0.05, 0.1) is 26.2 Å². The summed E-state index contributed by atoms with van der Waals surface area (Å²) < 4.78 is 0.100.